The van der Waals surface area contributed by atoms with E-state index >= 15 is 0 Å². The first-order valence-corrected chi connectivity index (χ1v) is 27.8. The van der Waals surface area contributed by atoms with Gasteiger partial charge in [0.05, 0.1) is 5.69 Å². The van der Waals surface area contributed by atoms with Crippen molar-refractivity contribution in [3.8, 4) is 44.9 Å². The predicted molar refractivity (Wildman–Crippen MR) is 326 cm³/mol. The van der Waals surface area contributed by atoms with Crippen molar-refractivity contribution in [1.29, 1.82) is 0 Å². The molecule has 1 aromatic heterocycles. The first kappa shape index (κ1) is 48.1. The van der Waals surface area contributed by atoms with Crippen LogP contribution in [-0.4, -0.2) is 13.5 Å². The van der Waals surface area contributed by atoms with E-state index in [0.29, 0.717) is 0 Å². The number of hydrogen-bond donors (Lipinski definition) is 0. The van der Waals surface area contributed by atoms with Gasteiger partial charge in [-0.05, 0) is 175 Å². The Kier molecular flexibility index (Phi) is 10.9. The second-order valence-electron chi connectivity index (χ2n) is 24.8. The Labute approximate surface area is 453 Å². The minimum atomic E-state index is -0.108. The molecule has 10 aromatic rings. The zero-order valence-electron chi connectivity index (χ0n) is 46.0. The Morgan fingerprint density at radius 2 is 0.947 bits per heavy atom. The van der Waals surface area contributed by atoms with Gasteiger partial charge in [-0.15, -0.1) is 11.3 Å². The molecule has 0 N–H and O–H groups in total. The summed E-state index contributed by atoms with van der Waals surface area (Å²) in [5.41, 5.74) is 25.5. The summed E-state index contributed by atoms with van der Waals surface area (Å²) in [5, 5.41) is 2.61. The van der Waals surface area contributed by atoms with E-state index < -0.39 is 0 Å². The number of benzene rings is 9. The largest absolute Gasteiger partial charge is 0.454 e. The first-order valence-electron chi connectivity index (χ1n) is 27.0. The number of aryl methyl sites for hydroxylation is 3. The summed E-state index contributed by atoms with van der Waals surface area (Å²) < 4.78 is 15.1. The summed E-state index contributed by atoms with van der Waals surface area (Å²) in [6.45, 7) is 27.6. The van der Waals surface area contributed by atoms with E-state index in [1.54, 1.807) is 0 Å². The number of rotatable bonds is 5. The molecule has 376 valence electrons. The number of ether oxygens (including phenoxy) is 2. The zero-order chi connectivity index (χ0) is 52.7. The minimum absolute atomic E-state index is 0.00318. The van der Waals surface area contributed by atoms with Crippen LogP contribution < -0.4 is 35.7 Å². The molecule has 4 nitrogen and oxygen atoms in total. The van der Waals surface area contributed by atoms with Gasteiger partial charge in [0.2, 0.25) is 6.79 Å². The SMILES string of the molecule is Cc1cc2c3c(c1)N(c1c(C)cc(C(C)(C)C)cc1C)c1cc4c(cc1B3c1ccc(-c3ccc5c(c3)sc3ccccc35)cc1N2c1cc(-c2ccc(C(C)(C)C)cc2)cc(-c2ccc(C(C)(C)C)cc2)c1)OCO4. The summed E-state index contributed by atoms with van der Waals surface area (Å²) in [6, 6.07) is 63.0. The smallest absolute Gasteiger partial charge is 0.252 e. The van der Waals surface area contributed by atoms with Crippen LogP contribution in [0, 0.1) is 20.8 Å². The second-order valence-corrected chi connectivity index (χ2v) is 25.9. The van der Waals surface area contributed by atoms with Crippen molar-refractivity contribution in [2.45, 2.75) is 99.3 Å². The average Bonchev–Trinajstić information content (AvgIpc) is 4.14. The van der Waals surface area contributed by atoms with Crippen LogP contribution in [0.2, 0.25) is 0 Å². The highest BCUT2D eigenvalue weighted by Gasteiger charge is 2.45. The summed E-state index contributed by atoms with van der Waals surface area (Å²) in [4.78, 5) is 5.14. The van der Waals surface area contributed by atoms with E-state index in [2.05, 4.69) is 257 Å². The lowest BCUT2D eigenvalue weighted by Crippen LogP contribution is -2.61. The van der Waals surface area contributed by atoms with E-state index in [0.717, 1.165) is 28.6 Å². The molecule has 4 heterocycles. The monoisotopic (exact) mass is 1010 g/mol. The average molecular weight is 1010 g/mol. The van der Waals surface area contributed by atoms with Gasteiger partial charge in [-0.25, -0.2) is 0 Å². The molecule has 0 saturated heterocycles. The lowest BCUT2D eigenvalue weighted by molar-refractivity contribution is 0.174. The van der Waals surface area contributed by atoms with Crippen LogP contribution >= 0.6 is 11.3 Å². The molecule has 0 bridgehead atoms. The van der Waals surface area contributed by atoms with Crippen molar-refractivity contribution < 1.29 is 9.47 Å². The molecular formula is C70H65BN2O2S. The van der Waals surface area contributed by atoms with Crippen molar-refractivity contribution in [2.75, 3.05) is 16.6 Å². The van der Waals surface area contributed by atoms with Crippen LogP contribution in [0.5, 0.6) is 11.5 Å². The Morgan fingerprint density at radius 3 is 1.57 bits per heavy atom. The Hall–Kier alpha value is -7.54. The van der Waals surface area contributed by atoms with Crippen LogP contribution in [0.1, 0.15) is 95.7 Å². The summed E-state index contributed by atoms with van der Waals surface area (Å²) >= 11 is 1.87. The van der Waals surface area contributed by atoms with Crippen molar-refractivity contribution in [3.63, 3.8) is 0 Å². The Morgan fingerprint density at radius 1 is 0.421 bits per heavy atom. The third-order valence-electron chi connectivity index (χ3n) is 16.3. The molecule has 0 saturated carbocycles. The molecule has 6 heteroatoms. The second kappa shape index (κ2) is 17.2. The predicted octanol–water partition coefficient (Wildman–Crippen LogP) is 17.7. The van der Waals surface area contributed by atoms with Gasteiger partial charge >= 0.3 is 0 Å². The van der Waals surface area contributed by atoms with E-state index in [4.69, 9.17) is 9.47 Å². The molecule has 9 aromatic carbocycles. The van der Waals surface area contributed by atoms with Crippen LogP contribution in [0.3, 0.4) is 0 Å². The molecule has 0 unspecified atom stereocenters. The van der Waals surface area contributed by atoms with Gasteiger partial charge in [-0.3, -0.25) is 0 Å². The first-order chi connectivity index (χ1) is 36.3. The number of thiophene rings is 1. The summed E-state index contributed by atoms with van der Waals surface area (Å²) in [7, 11) is 0. The van der Waals surface area contributed by atoms with Crippen LogP contribution in [-0.2, 0) is 16.2 Å². The van der Waals surface area contributed by atoms with Gasteiger partial charge < -0.3 is 19.3 Å². The van der Waals surface area contributed by atoms with E-state index in [9.17, 15) is 0 Å². The van der Waals surface area contributed by atoms with Crippen LogP contribution in [0.15, 0.2) is 164 Å². The molecule has 0 amide bonds. The number of fused-ring (bicyclic) bond motifs is 8. The van der Waals surface area contributed by atoms with E-state index in [1.807, 2.05) is 11.3 Å². The standard InChI is InChI=1S/C70H65BN2O2S/c1-41-29-60-66-61(30-41)73(67-42(2)31-52(32-43(67)3)70(10,11)12)59-39-63-62(74-40-75-63)38-57(59)71(66)56-28-22-46(47-21-27-55-54-15-13-14-16-64(54)76-65(55)37-47)36-58(56)72(60)53-34-48(44-17-23-50(24-18-44)68(4,5)6)33-49(35-53)45-19-25-51(26-20-45)69(7,8)9/h13-39H,40H2,1-12H3. The number of hydrogen-bond acceptors (Lipinski definition) is 5. The molecule has 0 spiro atoms. The van der Waals surface area contributed by atoms with Gasteiger partial charge in [-0.1, -0.05) is 165 Å². The van der Waals surface area contributed by atoms with Gasteiger partial charge in [0.15, 0.2) is 11.5 Å². The molecule has 13 rings (SSSR count). The summed E-state index contributed by atoms with van der Waals surface area (Å²) in [6.07, 6.45) is 0. The molecule has 3 aliphatic heterocycles. The molecule has 76 heavy (non-hydrogen) atoms. The normalized spacial score (nSPS) is 13.9. The molecule has 0 atom stereocenters. The highest BCUT2D eigenvalue weighted by molar-refractivity contribution is 7.25. The fourth-order valence-corrected chi connectivity index (χ4v) is 13.4. The molecule has 0 aliphatic carbocycles. The van der Waals surface area contributed by atoms with Crippen molar-refractivity contribution in [1.82, 2.24) is 0 Å². The number of nitrogens with zero attached hydrogens (tertiary/aromatic N) is 2. The third kappa shape index (κ3) is 7.94. The highest BCUT2D eigenvalue weighted by atomic mass is 32.1. The highest BCUT2D eigenvalue weighted by Crippen LogP contribution is 2.51. The maximum Gasteiger partial charge on any atom is 0.252 e. The van der Waals surface area contributed by atoms with Gasteiger partial charge in [0, 0.05) is 54.7 Å². The maximum atomic E-state index is 6.28. The van der Waals surface area contributed by atoms with Gasteiger partial charge in [0.25, 0.3) is 6.71 Å². The van der Waals surface area contributed by atoms with Crippen molar-refractivity contribution in [3.05, 3.63) is 197 Å². The van der Waals surface area contributed by atoms with Crippen LogP contribution in [0.25, 0.3) is 53.6 Å². The van der Waals surface area contributed by atoms with E-state index in [1.165, 1.54) is 120 Å². The lowest BCUT2D eigenvalue weighted by Gasteiger charge is -2.45. The Bertz CT molecular complexity index is 3920. The number of anilines is 6. The van der Waals surface area contributed by atoms with Crippen molar-refractivity contribution in [2.24, 2.45) is 0 Å². The fraction of sp³-hybridized carbons (Fsp3) is 0.229. The van der Waals surface area contributed by atoms with Crippen LogP contribution in [0.4, 0.5) is 34.1 Å². The fourth-order valence-electron chi connectivity index (χ4n) is 12.3. The van der Waals surface area contributed by atoms with Crippen molar-refractivity contribution >= 4 is 88.7 Å². The quantitative estimate of drug-likeness (QED) is 0.160. The van der Waals surface area contributed by atoms with E-state index in [-0.39, 0.29) is 29.8 Å². The summed E-state index contributed by atoms with van der Waals surface area (Å²) in [5.74, 6) is 1.57. The van der Waals surface area contributed by atoms with Gasteiger partial charge in [-0.2, -0.15) is 0 Å². The topological polar surface area (TPSA) is 24.9 Å². The lowest BCUT2D eigenvalue weighted by atomic mass is 9.33. The maximum absolute atomic E-state index is 6.28. The Balaban J connectivity index is 1.10. The third-order valence-corrected chi connectivity index (χ3v) is 17.5. The minimum Gasteiger partial charge on any atom is -0.454 e. The molecular weight excluding hydrogens is 944 g/mol. The zero-order valence-corrected chi connectivity index (χ0v) is 46.8. The van der Waals surface area contributed by atoms with Gasteiger partial charge in [0.1, 0.15) is 0 Å². The molecule has 0 fully saturated rings. The molecule has 3 aliphatic rings. The molecule has 0 radical (unpaired) electrons.